The number of nitrogens with one attached hydrogen (secondary N) is 1. The predicted octanol–water partition coefficient (Wildman–Crippen LogP) is 2.28. The van der Waals surface area contributed by atoms with E-state index in [1.54, 1.807) is 29.0 Å². The van der Waals surface area contributed by atoms with Crippen molar-refractivity contribution >= 4 is 34.2 Å². The van der Waals surface area contributed by atoms with E-state index < -0.39 is 5.92 Å². The van der Waals surface area contributed by atoms with E-state index in [-0.39, 0.29) is 18.2 Å². The van der Waals surface area contributed by atoms with Gasteiger partial charge in [0, 0.05) is 25.4 Å². The topological polar surface area (TPSA) is 89.3 Å². The molecule has 1 aliphatic heterocycles. The second-order valence-corrected chi connectivity index (χ2v) is 6.87. The minimum atomic E-state index is -0.442. The lowest BCUT2D eigenvalue weighted by Crippen LogP contribution is -2.28. The van der Waals surface area contributed by atoms with E-state index in [1.807, 2.05) is 38.2 Å². The molecule has 1 N–H and O–H groups in total. The lowest BCUT2D eigenvalue weighted by atomic mass is 10.1. The lowest BCUT2D eigenvalue weighted by molar-refractivity contribution is -0.122. The molecule has 0 saturated carbocycles. The maximum atomic E-state index is 12.7. The Morgan fingerprint density at radius 1 is 1.32 bits per heavy atom. The zero-order valence-corrected chi connectivity index (χ0v) is 16.0. The zero-order valence-electron chi connectivity index (χ0n) is 16.0. The van der Waals surface area contributed by atoms with Crippen LogP contribution in [0.3, 0.4) is 0 Å². The van der Waals surface area contributed by atoms with Gasteiger partial charge >= 0.3 is 0 Å². The van der Waals surface area contributed by atoms with Gasteiger partial charge < -0.3 is 15.0 Å². The van der Waals surface area contributed by atoms with E-state index in [9.17, 15) is 9.59 Å². The second kappa shape index (κ2) is 6.95. The first-order valence-electron chi connectivity index (χ1n) is 9.01. The smallest absolute Gasteiger partial charge is 0.229 e. The Kier molecular flexibility index (Phi) is 4.46. The fourth-order valence-corrected chi connectivity index (χ4v) is 3.59. The summed E-state index contributed by atoms with van der Waals surface area (Å²) in [6.07, 6.45) is 1.77. The van der Waals surface area contributed by atoms with Crippen molar-refractivity contribution in [3.8, 4) is 5.75 Å². The van der Waals surface area contributed by atoms with E-state index in [4.69, 9.17) is 4.74 Å². The van der Waals surface area contributed by atoms with Crippen LogP contribution in [0.1, 0.15) is 12.1 Å². The maximum absolute atomic E-state index is 12.7. The molecule has 0 spiro atoms. The van der Waals surface area contributed by atoms with Crippen molar-refractivity contribution in [2.45, 2.75) is 13.3 Å². The van der Waals surface area contributed by atoms with Crippen molar-refractivity contribution in [1.82, 2.24) is 14.8 Å². The molecule has 0 aliphatic carbocycles. The van der Waals surface area contributed by atoms with E-state index in [1.165, 1.54) is 0 Å². The minimum absolute atomic E-state index is 0.0960. The summed E-state index contributed by atoms with van der Waals surface area (Å²) in [4.78, 5) is 31.2. The Hall–Kier alpha value is -3.42. The highest BCUT2D eigenvalue weighted by Crippen LogP contribution is 2.33. The summed E-state index contributed by atoms with van der Waals surface area (Å²) < 4.78 is 7.05. The summed E-state index contributed by atoms with van der Waals surface area (Å²) in [7, 11) is 3.39. The molecule has 28 heavy (non-hydrogen) atoms. The molecular formula is C20H21N5O3. The first-order valence-corrected chi connectivity index (χ1v) is 9.01. The normalized spacial score (nSPS) is 16.6. The standard InChI is InChI=1S/C20H21N5O3/c1-12-15-9-14(10-21-19(15)24(2)23-12)22-20(27)13-8-18(26)25(11-13)16-6-4-5-7-17(16)28-3/h4-7,9-10,13H,8,11H2,1-3H3,(H,22,27). The number of aryl methyl sites for hydroxylation is 2. The highest BCUT2D eigenvalue weighted by atomic mass is 16.5. The van der Waals surface area contributed by atoms with Gasteiger partial charge in [-0.05, 0) is 25.1 Å². The molecule has 8 heteroatoms. The number of anilines is 2. The molecule has 3 heterocycles. The Morgan fingerprint density at radius 3 is 2.89 bits per heavy atom. The molecule has 0 radical (unpaired) electrons. The summed E-state index contributed by atoms with van der Waals surface area (Å²) in [5.74, 6) is -0.128. The third kappa shape index (κ3) is 3.06. The van der Waals surface area contributed by atoms with Crippen molar-refractivity contribution in [2.24, 2.45) is 13.0 Å². The first-order chi connectivity index (χ1) is 13.5. The van der Waals surface area contributed by atoms with Crippen LogP contribution in [-0.2, 0) is 16.6 Å². The van der Waals surface area contributed by atoms with Gasteiger partial charge in [0.1, 0.15) is 5.75 Å². The number of pyridine rings is 1. The number of rotatable bonds is 4. The van der Waals surface area contributed by atoms with Gasteiger partial charge in [-0.3, -0.25) is 14.3 Å². The molecule has 0 bridgehead atoms. The number of hydrogen-bond donors (Lipinski definition) is 1. The van der Waals surface area contributed by atoms with Crippen molar-refractivity contribution in [1.29, 1.82) is 0 Å². The van der Waals surface area contributed by atoms with Gasteiger partial charge in [0.15, 0.2) is 5.65 Å². The van der Waals surface area contributed by atoms with Gasteiger partial charge in [0.2, 0.25) is 11.8 Å². The SMILES string of the molecule is COc1ccccc1N1CC(C(=O)Nc2cnc3c(c2)c(C)nn3C)CC1=O. The molecule has 1 unspecified atom stereocenters. The number of benzene rings is 1. The number of ether oxygens (including phenoxy) is 1. The first kappa shape index (κ1) is 18.0. The van der Waals surface area contributed by atoms with E-state index >= 15 is 0 Å². The van der Waals surface area contributed by atoms with Crippen LogP contribution in [0.5, 0.6) is 5.75 Å². The maximum Gasteiger partial charge on any atom is 0.229 e. The average Bonchev–Trinajstić information content (AvgIpc) is 3.21. The van der Waals surface area contributed by atoms with E-state index in [0.29, 0.717) is 23.7 Å². The van der Waals surface area contributed by atoms with E-state index in [0.717, 1.165) is 16.7 Å². The number of nitrogens with zero attached hydrogens (tertiary/aromatic N) is 4. The quantitative estimate of drug-likeness (QED) is 0.751. The van der Waals surface area contributed by atoms with Gasteiger partial charge in [-0.25, -0.2) is 4.98 Å². The highest BCUT2D eigenvalue weighted by molar-refractivity contribution is 6.04. The number of amides is 2. The van der Waals surface area contributed by atoms with Crippen LogP contribution in [0, 0.1) is 12.8 Å². The molecule has 1 aliphatic rings. The molecule has 4 rings (SSSR count). The summed E-state index contributed by atoms with van der Waals surface area (Å²) in [6, 6.07) is 9.16. The van der Waals surface area contributed by atoms with Crippen LogP contribution in [0.15, 0.2) is 36.5 Å². The largest absolute Gasteiger partial charge is 0.495 e. The molecule has 1 fully saturated rings. The Morgan fingerprint density at radius 2 is 2.11 bits per heavy atom. The van der Waals surface area contributed by atoms with Crippen LogP contribution in [0.25, 0.3) is 11.0 Å². The average molecular weight is 379 g/mol. The van der Waals surface area contributed by atoms with Crippen LogP contribution in [0.2, 0.25) is 0 Å². The summed E-state index contributed by atoms with van der Waals surface area (Å²) >= 11 is 0. The lowest BCUT2D eigenvalue weighted by Gasteiger charge is -2.19. The third-order valence-electron chi connectivity index (χ3n) is 5.00. The van der Waals surface area contributed by atoms with Gasteiger partial charge in [-0.2, -0.15) is 5.10 Å². The minimum Gasteiger partial charge on any atom is -0.495 e. The number of carbonyl (C=O) groups excluding carboxylic acids is 2. The number of aromatic nitrogens is 3. The van der Waals surface area contributed by atoms with Crippen molar-refractivity contribution < 1.29 is 14.3 Å². The van der Waals surface area contributed by atoms with Crippen LogP contribution in [0.4, 0.5) is 11.4 Å². The van der Waals surface area contributed by atoms with Crippen LogP contribution < -0.4 is 15.0 Å². The molecule has 2 aromatic heterocycles. The van der Waals surface area contributed by atoms with Crippen LogP contribution >= 0.6 is 0 Å². The fraction of sp³-hybridized carbons (Fsp3) is 0.300. The van der Waals surface area contributed by atoms with Crippen molar-refractivity contribution in [3.05, 3.63) is 42.2 Å². The molecule has 1 aromatic carbocycles. The fourth-order valence-electron chi connectivity index (χ4n) is 3.59. The van der Waals surface area contributed by atoms with Crippen molar-refractivity contribution in [3.63, 3.8) is 0 Å². The molecule has 1 atom stereocenters. The molecule has 2 amide bonds. The third-order valence-corrected chi connectivity index (χ3v) is 5.00. The summed E-state index contributed by atoms with van der Waals surface area (Å²) in [5, 5.41) is 8.11. The highest BCUT2D eigenvalue weighted by Gasteiger charge is 2.36. The summed E-state index contributed by atoms with van der Waals surface area (Å²) in [5.41, 5.74) is 2.88. The van der Waals surface area contributed by atoms with E-state index in [2.05, 4.69) is 15.4 Å². The van der Waals surface area contributed by atoms with Crippen LogP contribution in [-0.4, -0.2) is 40.2 Å². The molecular weight excluding hydrogens is 358 g/mol. The number of hydrogen-bond acceptors (Lipinski definition) is 5. The van der Waals surface area contributed by atoms with Gasteiger partial charge in [0.05, 0.1) is 36.3 Å². The van der Waals surface area contributed by atoms with Gasteiger partial charge in [0.25, 0.3) is 0 Å². The molecule has 3 aromatic rings. The zero-order chi connectivity index (χ0) is 19.8. The number of methoxy groups -OCH3 is 1. The molecule has 144 valence electrons. The summed E-state index contributed by atoms with van der Waals surface area (Å²) in [6.45, 7) is 2.21. The Labute approximate surface area is 162 Å². The van der Waals surface area contributed by atoms with Crippen molar-refractivity contribution in [2.75, 3.05) is 23.9 Å². The Bertz CT molecular complexity index is 1070. The number of fused-ring (bicyclic) bond motifs is 1. The van der Waals surface area contributed by atoms with Gasteiger partial charge in [-0.1, -0.05) is 12.1 Å². The molecule has 8 nitrogen and oxygen atoms in total. The molecule has 1 saturated heterocycles. The monoisotopic (exact) mass is 379 g/mol. The number of para-hydroxylation sites is 2. The Balaban J connectivity index is 1.52. The predicted molar refractivity (Wildman–Crippen MR) is 105 cm³/mol. The van der Waals surface area contributed by atoms with Gasteiger partial charge in [-0.15, -0.1) is 0 Å². The number of carbonyl (C=O) groups is 2. The second-order valence-electron chi connectivity index (χ2n) is 6.87.